The lowest BCUT2D eigenvalue weighted by Crippen LogP contribution is -2.27. The SMILES string of the molecule is COc1ccccc1CC(=O)N(C)Cc1nc2ccccc2s1. The lowest BCUT2D eigenvalue weighted by molar-refractivity contribution is -0.129. The van der Waals surface area contributed by atoms with Crippen LogP contribution in [0.1, 0.15) is 10.6 Å². The van der Waals surface area contributed by atoms with E-state index in [9.17, 15) is 4.79 Å². The van der Waals surface area contributed by atoms with E-state index in [1.807, 2.05) is 55.6 Å². The van der Waals surface area contributed by atoms with Gasteiger partial charge >= 0.3 is 0 Å². The molecule has 0 unspecified atom stereocenters. The summed E-state index contributed by atoms with van der Waals surface area (Å²) < 4.78 is 6.45. The van der Waals surface area contributed by atoms with Crippen LogP contribution in [0.25, 0.3) is 10.2 Å². The molecule has 0 spiro atoms. The number of fused-ring (bicyclic) bond motifs is 1. The fraction of sp³-hybridized carbons (Fsp3) is 0.222. The lowest BCUT2D eigenvalue weighted by Gasteiger charge is -2.16. The molecule has 0 N–H and O–H groups in total. The van der Waals surface area contributed by atoms with Crippen molar-refractivity contribution in [2.45, 2.75) is 13.0 Å². The highest BCUT2D eigenvalue weighted by molar-refractivity contribution is 7.18. The number of ether oxygens (including phenoxy) is 1. The summed E-state index contributed by atoms with van der Waals surface area (Å²) >= 11 is 1.63. The Kier molecular flexibility index (Phi) is 4.57. The number of para-hydroxylation sites is 2. The number of rotatable bonds is 5. The molecule has 4 nitrogen and oxygen atoms in total. The number of carbonyl (C=O) groups excluding carboxylic acids is 1. The topological polar surface area (TPSA) is 42.4 Å². The summed E-state index contributed by atoms with van der Waals surface area (Å²) in [6.45, 7) is 0.521. The molecule has 3 rings (SSSR count). The zero-order valence-corrected chi connectivity index (χ0v) is 14.0. The van der Waals surface area contributed by atoms with Crippen molar-refractivity contribution in [2.24, 2.45) is 0 Å². The standard InChI is InChI=1S/C18H18N2O2S/c1-20(12-17-19-14-8-4-6-10-16(14)23-17)18(21)11-13-7-3-5-9-15(13)22-2/h3-10H,11-12H2,1-2H3. The van der Waals surface area contributed by atoms with Crippen LogP contribution in [0.5, 0.6) is 5.75 Å². The average Bonchev–Trinajstić information content (AvgIpc) is 2.97. The molecule has 3 aromatic rings. The van der Waals surface area contributed by atoms with Crippen molar-refractivity contribution in [3.63, 3.8) is 0 Å². The largest absolute Gasteiger partial charge is 0.496 e. The van der Waals surface area contributed by atoms with Crippen molar-refractivity contribution in [3.05, 3.63) is 59.1 Å². The van der Waals surface area contributed by atoms with Crippen LogP contribution in [0.2, 0.25) is 0 Å². The van der Waals surface area contributed by atoms with E-state index in [1.165, 1.54) is 0 Å². The predicted molar refractivity (Wildman–Crippen MR) is 92.8 cm³/mol. The predicted octanol–water partition coefficient (Wildman–Crippen LogP) is 3.51. The van der Waals surface area contributed by atoms with Crippen molar-refractivity contribution in [1.82, 2.24) is 9.88 Å². The zero-order valence-electron chi connectivity index (χ0n) is 13.2. The molecule has 1 heterocycles. The minimum atomic E-state index is 0.0498. The van der Waals surface area contributed by atoms with Gasteiger partial charge in [-0.3, -0.25) is 4.79 Å². The first-order valence-corrected chi connectivity index (χ1v) is 8.19. The van der Waals surface area contributed by atoms with Crippen LogP contribution in [-0.2, 0) is 17.8 Å². The van der Waals surface area contributed by atoms with Gasteiger partial charge in [-0.25, -0.2) is 4.98 Å². The van der Waals surface area contributed by atoms with Gasteiger partial charge in [0.05, 0.1) is 30.3 Å². The van der Waals surface area contributed by atoms with Crippen molar-refractivity contribution in [3.8, 4) is 5.75 Å². The minimum Gasteiger partial charge on any atom is -0.496 e. The summed E-state index contributed by atoms with van der Waals surface area (Å²) in [6.07, 6.45) is 0.325. The van der Waals surface area contributed by atoms with Gasteiger partial charge in [0.2, 0.25) is 5.91 Å². The van der Waals surface area contributed by atoms with Crippen LogP contribution < -0.4 is 4.74 Å². The van der Waals surface area contributed by atoms with Crippen LogP contribution in [0, 0.1) is 0 Å². The first-order valence-electron chi connectivity index (χ1n) is 7.37. The molecule has 0 atom stereocenters. The molecule has 23 heavy (non-hydrogen) atoms. The van der Waals surface area contributed by atoms with Crippen LogP contribution in [0.3, 0.4) is 0 Å². The fourth-order valence-electron chi connectivity index (χ4n) is 2.43. The van der Waals surface area contributed by atoms with E-state index in [1.54, 1.807) is 23.3 Å². The summed E-state index contributed by atoms with van der Waals surface area (Å²) in [6, 6.07) is 15.6. The Balaban J connectivity index is 1.69. The van der Waals surface area contributed by atoms with E-state index >= 15 is 0 Å². The number of hydrogen-bond donors (Lipinski definition) is 0. The Labute approximate surface area is 139 Å². The van der Waals surface area contributed by atoms with Crippen LogP contribution >= 0.6 is 11.3 Å². The number of thiazole rings is 1. The zero-order chi connectivity index (χ0) is 16.2. The number of carbonyl (C=O) groups is 1. The smallest absolute Gasteiger partial charge is 0.227 e. The lowest BCUT2D eigenvalue weighted by atomic mass is 10.1. The number of amides is 1. The Bertz CT molecular complexity index is 796. The normalized spacial score (nSPS) is 10.7. The summed E-state index contributed by atoms with van der Waals surface area (Å²) in [5.74, 6) is 0.794. The molecule has 0 saturated carbocycles. The molecule has 0 aliphatic carbocycles. The highest BCUT2D eigenvalue weighted by Crippen LogP contribution is 2.23. The summed E-state index contributed by atoms with van der Waals surface area (Å²) in [7, 11) is 3.43. The second-order valence-corrected chi connectivity index (χ2v) is 6.43. The molecule has 1 amide bonds. The van der Waals surface area contributed by atoms with Gasteiger partial charge in [-0.2, -0.15) is 0 Å². The number of methoxy groups -OCH3 is 1. The van der Waals surface area contributed by atoms with Crippen LogP contribution in [0.4, 0.5) is 0 Å². The monoisotopic (exact) mass is 326 g/mol. The van der Waals surface area contributed by atoms with Gasteiger partial charge in [-0.05, 0) is 18.2 Å². The first-order chi connectivity index (χ1) is 11.2. The highest BCUT2D eigenvalue weighted by Gasteiger charge is 2.14. The molecule has 1 aromatic heterocycles. The Hall–Kier alpha value is -2.40. The molecule has 0 aliphatic heterocycles. The Morgan fingerprint density at radius 2 is 1.91 bits per heavy atom. The third-order valence-electron chi connectivity index (χ3n) is 3.67. The quantitative estimate of drug-likeness (QED) is 0.720. The Morgan fingerprint density at radius 1 is 1.17 bits per heavy atom. The van der Waals surface area contributed by atoms with E-state index in [4.69, 9.17) is 4.74 Å². The van der Waals surface area contributed by atoms with Crippen LogP contribution in [-0.4, -0.2) is 29.9 Å². The van der Waals surface area contributed by atoms with E-state index in [2.05, 4.69) is 4.98 Å². The molecule has 0 aliphatic rings. The molecule has 0 radical (unpaired) electrons. The molecule has 0 saturated heterocycles. The molecule has 0 fully saturated rings. The summed E-state index contributed by atoms with van der Waals surface area (Å²) in [5, 5.41) is 0.946. The van der Waals surface area contributed by atoms with Gasteiger partial charge in [0.1, 0.15) is 10.8 Å². The maximum Gasteiger partial charge on any atom is 0.227 e. The molecular formula is C18H18N2O2S. The van der Waals surface area contributed by atoms with E-state index in [0.717, 1.165) is 26.5 Å². The second-order valence-electron chi connectivity index (χ2n) is 5.31. The number of aromatic nitrogens is 1. The van der Waals surface area contributed by atoms with Crippen molar-refractivity contribution < 1.29 is 9.53 Å². The average molecular weight is 326 g/mol. The first kappa shape index (κ1) is 15.5. The van der Waals surface area contributed by atoms with E-state index < -0.39 is 0 Å². The number of hydrogen-bond acceptors (Lipinski definition) is 4. The molecule has 5 heteroatoms. The Morgan fingerprint density at radius 3 is 2.70 bits per heavy atom. The number of nitrogens with zero attached hydrogens (tertiary/aromatic N) is 2. The number of likely N-dealkylation sites (N-methyl/N-ethyl adjacent to an activating group) is 1. The van der Waals surface area contributed by atoms with Crippen LogP contribution in [0.15, 0.2) is 48.5 Å². The summed E-state index contributed by atoms with van der Waals surface area (Å²) in [4.78, 5) is 18.7. The number of benzene rings is 2. The van der Waals surface area contributed by atoms with E-state index in [-0.39, 0.29) is 5.91 Å². The van der Waals surface area contributed by atoms with Crippen molar-refractivity contribution >= 4 is 27.5 Å². The van der Waals surface area contributed by atoms with Crippen molar-refractivity contribution in [2.75, 3.05) is 14.2 Å². The molecular weight excluding hydrogens is 308 g/mol. The molecule has 2 aromatic carbocycles. The van der Waals surface area contributed by atoms with Gasteiger partial charge < -0.3 is 9.64 Å². The molecule has 0 bridgehead atoms. The molecule has 118 valence electrons. The third-order valence-corrected chi connectivity index (χ3v) is 4.69. The summed E-state index contributed by atoms with van der Waals surface area (Å²) in [5.41, 5.74) is 1.88. The van der Waals surface area contributed by atoms with Gasteiger partial charge in [0.25, 0.3) is 0 Å². The van der Waals surface area contributed by atoms with Gasteiger partial charge in [-0.1, -0.05) is 30.3 Å². The third kappa shape index (κ3) is 3.51. The van der Waals surface area contributed by atoms with Gasteiger partial charge in [0, 0.05) is 12.6 Å². The van der Waals surface area contributed by atoms with Gasteiger partial charge in [0.15, 0.2) is 0 Å². The van der Waals surface area contributed by atoms with Gasteiger partial charge in [-0.15, -0.1) is 11.3 Å². The maximum absolute atomic E-state index is 12.4. The highest BCUT2D eigenvalue weighted by atomic mass is 32.1. The van der Waals surface area contributed by atoms with Crippen molar-refractivity contribution in [1.29, 1.82) is 0 Å². The second kappa shape index (κ2) is 6.79. The maximum atomic E-state index is 12.4. The minimum absolute atomic E-state index is 0.0498. The fourth-order valence-corrected chi connectivity index (χ4v) is 3.45. The van der Waals surface area contributed by atoms with E-state index in [0.29, 0.717) is 13.0 Å².